The average Bonchev–Trinajstić information content (AvgIpc) is 2.92. The third-order valence-corrected chi connectivity index (χ3v) is 6.33. The molecule has 5 nitrogen and oxygen atoms in total. The van der Waals surface area contributed by atoms with Crippen LogP contribution in [-0.4, -0.2) is 16.9 Å². The molecule has 0 bridgehead atoms. The number of rotatable bonds is 5. The summed E-state index contributed by atoms with van der Waals surface area (Å²) in [5.74, 6) is -0.326. The van der Waals surface area contributed by atoms with E-state index in [4.69, 9.17) is 10.5 Å². The lowest BCUT2D eigenvalue weighted by Gasteiger charge is -2.20. The highest BCUT2D eigenvalue weighted by atomic mass is 19.4. The van der Waals surface area contributed by atoms with Crippen LogP contribution >= 0.6 is 0 Å². The van der Waals surface area contributed by atoms with Crippen molar-refractivity contribution < 1.29 is 27.5 Å². The molecule has 1 amide bonds. The molecule has 0 aliphatic heterocycles. The predicted octanol–water partition coefficient (Wildman–Crippen LogP) is 7.58. The molecule has 0 radical (unpaired) electrons. The van der Waals surface area contributed by atoms with E-state index in [0.29, 0.717) is 22.3 Å². The normalized spacial score (nSPS) is 11.4. The molecule has 5 rings (SSSR count). The first-order chi connectivity index (χ1) is 18.6. The van der Waals surface area contributed by atoms with Gasteiger partial charge in [0.25, 0.3) is 0 Å². The molecule has 194 valence electrons. The number of primary amides is 1. The predicted molar refractivity (Wildman–Crippen MR) is 142 cm³/mol. The number of nitrogens with zero attached hydrogens (tertiary/aromatic N) is 1. The Kier molecular flexibility index (Phi) is 6.62. The van der Waals surface area contributed by atoms with Crippen molar-refractivity contribution in [3.8, 4) is 28.0 Å². The maximum atomic E-state index is 14.0. The summed E-state index contributed by atoms with van der Waals surface area (Å²) in [5, 5.41) is 0.121. The number of alkyl halides is 3. The van der Waals surface area contributed by atoms with Crippen LogP contribution < -0.4 is 10.5 Å². The van der Waals surface area contributed by atoms with E-state index in [1.807, 2.05) is 19.1 Å². The van der Waals surface area contributed by atoms with E-state index in [0.717, 1.165) is 11.6 Å². The topological polar surface area (TPSA) is 82.3 Å². The fourth-order valence-electron chi connectivity index (χ4n) is 4.61. The van der Waals surface area contributed by atoms with Crippen molar-refractivity contribution >= 4 is 22.8 Å². The monoisotopic (exact) mass is 526 g/mol. The largest absolute Gasteiger partial charge is 0.418 e. The van der Waals surface area contributed by atoms with Gasteiger partial charge in [-0.3, -0.25) is 9.78 Å². The average molecular weight is 527 g/mol. The molecule has 1 heterocycles. The van der Waals surface area contributed by atoms with Gasteiger partial charge in [-0.05, 0) is 30.2 Å². The fourth-order valence-corrected chi connectivity index (χ4v) is 4.61. The number of carbonyl (C=O) groups excluding carboxylic acids is 2. The fraction of sp³-hybridized carbons (Fsp3) is 0.0645. The molecule has 1 aromatic heterocycles. The second-order valence-electron chi connectivity index (χ2n) is 8.91. The first-order valence-electron chi connectivity index (χ1n) is 11.9. The van der Waals surface area contributed by atoms with Gasteiger partial charge in [0.05, 0.1) is 11.1 Å². The summed E-state index contributed by atoms with van der Waals surface area (Å²) in [4.78, 5) is 29.7. The Balaban J connectivity index is 1.92. The number of pyridine rings is 1. The van der Waals surface area contributed by atoms with E-state index in [1.165, 1.54) is 24.4 Å². The number of nitrogens with two attached hydrogens (primary N) is 1. The first kappa shape index (κ1) is 25.7. The number of carbonyl (C=O) groups is 2. The molecule has 0 aliphatic carbocycles. The van der Waals surface area contributed by atoms with Gasteiger partial charge in [0.2, 0.25) is 0 Å². The second-order valence-corrected chi connectivity index (χ2v) is 8.91. The summed E-state index contributed by atoms with van der Waals surface area (Å²) in [5.41, 5.74) is 7.13. The van der Waals surface area contributed by atoms with Gasteiger partial charge in [-0.1, -0.05) is 84.4 Å². The Morgan fingerprint density at radius 2 is 1.51 bits per heavy atom. The quantitative estimate of drug-likeness (QED) is 0.239. The standard InChI is InChI=1S/C31H21F3N2O3/c1-18-13-15-19(16-14-18)26-21(9-6-12-25(26)39-30(35)38)27-22-10-5-11-24(31(32,33)34)28(22)36-17-23(27)29(37)20-7-3-2-4-8-20/h2-17H,1H3,(H2,35,38). The molecule has 0 saturated heterocycles. The molecule has 8 heteroatoms. The van der Waals surface area contributed by atoms with Crippen LogP contribution in [0, 0.1) is 6.92 Å². The lowest BCUT2D eigenvalue weighted by Crippen LogP contribution is -2.17. The van der Waals surface area contributed by atoms with Gasteiger partial charge in [-0.15, -0.1) is 0 Å². The number of halogens is 3. The Morgan fingerprint density at radius 1 is 0.821 bits per heavy atom. The van der Waals surface area contributed by atoms with Gasteiger partial charge < -0.3 is 10.5 Å². The molecular weight excluding hydrogens is 505 g/mol. The van der Waals surface area contributed by atoms with E-state index in [1.54, 1.807) is 54.6 Å². The number of benzene rings is 4. The lowest BCUT2D eigenvalue weighted by atomic mass is 9.86. The Labute approximate surface area is 221 Å². The van der Waals surface area contributed by atoms with Crippen molar-refractivity contribution in [2.75, 3.05) is 0 Å². The van der Waals surface area contributed by atoms with Crippen molar-refractivity contribution in [1.82, 2.24) is 4.98 Å². The first-order valence-corrected chi connectivity index (χ1v) is 11.9. The van der Waals surface area contributed by atoms with E-state index < -0.39 is 23.6 Å². The number of ketones is 1. The van der Waals surface area contributed by atoms with Crippen LogP contribution in [-0.2, 0) is 6.18 Å². The van der Waals surface area contributed by atoms with Crippen LogP contribution in [0.3, 0.4) is 0 Å². The van der Waals surface area contributed by atoms with Crippen molar-refractivity contribution in [2.45, 2.75) is 13.1 Å². The molecule has 4 aromatic carbocycles. The van der Waals surface area contributed by atoms with Crippen LogP contribution in [0.15, 0.2) is 97.2 Å². The zero-order chi connectivity index (χ0) is 27.7. The van der Waals surface area contributed by atoms with Crippen molar-refractivity contribution in [1.29, 1.82) is 0 Å². The Morgan fingerprint density at radius 3 is 2.18 bits per heavy atom. The molecule has 0 spiro atoms. The van der Waals surface area contributed by atoms with Crippen molar-refractivity contribution in [2.24, 2.45) is 5.73 Å². The Hall–Kier alpha value is -4.98. The zero-order valence-electron chi connectivity index (χ0n) is 20.6. The lowest BCUT2D eigenvalue weighted by molar-refractivity contribution is -0.136. The summed E-state index contributed by atoms with van der Waals surface area (Å²) >= 11 is 0. The van der Waals surface area contributed by atoms with Crippen molar-refractivity contribution in [3.05, 3.63) is 119 Å². The summed E-state index contributed by atoms with van der Waals surface area (Å²) in [6.07, 6.45) is -4.56. The number of aromatic nitrogens is 1. The molecule has 39 heavy (non-hydrogen) atoms. The summed E-state index contributed by atoms with van der Waals surface area (Å²) in [7, 11) is 0. The maximum absolute atomic E-state index is 14.0. The molecule has 0 fully saturated rings. The summed E-state index contributed by atoms with van der Waals surface area (Å²) in [6.45, 7) is 1.90. The van der Waals surface area contributed by atoms with Crippen LogP contribution in [0.4, 0.5) is 18.0 Å². The zero-order valence-corrected chi connectivity index (χ0v) is 20.6. The van der Waals surface area contributed by atoms with Gasteiger partial charge in [0, 0.05) is 33.8 Å². The number of hydrogen-bond acceptors (Lipinski definition) is 4. The number of para-hydroxylation sites is 1. The molecule has 5 aromatic rings. The molecule has 2 N–H and O–H groups in total. The Bertz CT molecular complexity index is 1710. The van der Waals surface area contributed by atoms with E-state index in [2.05, 4.69) is 4.98 Å². The smallest absolute Gasteiger partial charge is 0.410 e. The highest BCUT2D eigenvalue weighted by molar-refractivity contribution is 6.18. The number of fused-ring (bicyclic) bond motifs is 1. The van der Waals surface area contributed by atoms with Gasteiger partial charge in [0.1, 0.15) is 5.75 Å². The van der Waals surface area contributed by atoms with E-state index >= 15 is 0 Å². The van der Waals surface area contributed by atoms with Crippen LogP contribution in [0.1, 0.15) is 27.0 Å². The van der Waals surface area contributed by atoms with Crippen LogP contribution in [0.25, 0.3) is 33.2 Å². The molecule has 0 unspecified atom stereocenters. The second kappa shape index (κ2) is 10.1. The van der Waals surface area contributed by atoms with Gasteiger partial charge >= 0.3 is 12.3 Å². The number of hydrogen-bond donors (Lipinski definition) is 1. The van der Waals surface area contributed by atoms with Crippen LogP contribution in [0.2, 0.25) is 0 Å². The van der Waals surface area contributed by atoms with E-state index in [-0.39, 0.29) is 27.8 Å². The van der Waals surface area contributed by atoms with Crippen LogP contribution in [0.5, 0.6) is 5.75 Å². The highest BCUT2D eigenvalue weighted by Crippen LogP contribution is 2.45. The number of ether oxygens (including phenoxy) is 1. The number of amides is 1. The van der Waals surface area contributed by atoms with Gasteiger partial charge in [-0.25, -0.2) is 4.79 Å². The summed E-state index contributed by atoms with van der Waals surface area (Å²) in [6, 6.07) is 24.2. The van der Waals surface area contributed by atoms with Gasteiger partial charge in [0.15, 0.2) is 5.78 Å². The van der Waals surface area contributed by atoms with Gasteiger partial charge in [-0.2, -0.15) is 13.2 Å². The molecule has 0 aliphatic rings. The third-order valence-electron chi connectivity index (χ3n) is 6.33. The maximum Gasteiger partial charge on any atom is 0.418 e. The minimum Gasteiger partial charge on any atom is -0.410 e. The minimum absolute atomic E-state index is 0.0950. The molecule has 0 saturated carbocycles. The highest BCUT2D eigenvalue weighted by Gasteiger charge is 2.34. The molecule has 0 atom stereocenters. The minimum atomic E-state index is -4.68. The summed E-state index contributed by atoms with van der Waals surface area (Å²) < 4.78 is 47.3. The van der Waals surface area contributed by atoms with Crippen molar-refractivity contribution in [3.63, 3.8) is 0 Å². The SMILES string of the molecule is Cc1ccc(-c2c(OC(N)=O)cccc2-c2c(C(=O)c3ccccc3)cnc3c(C(F)(F)F)cccc23)cc1. The molecular formula is C31H21F3N2O3. The number of aryl methyl sites for hydroxylation is 1. The van der Waals surface area contributed by atoms with E-state index in [9.17, 15) is 22.8 Å². The third kappa shape index (κ3) is 4.96.